The number of halogens is 11. The molecule has 0 bridgehead atoms. The van der Waals surface area contributed by atoms with Crippen molar-refractivity contribution in [3.8, 4) is 0 Å². The monoisotopic (exact) mass is 943 g/mol. The minimum absolute atomic E-state index is 0. The van der Waals surface area contributed by atoms with Crippen LogP contribution in [-0.4, -0.2) is 35.2 Å². The van der Waals surface area contributed by atoms with Crippen molar-refractivity contribution < 1.29 is 65.5 Å². The van der Waals surface area contributed by atoms with Crippen LogP contribution in [0.25, 0.3) is 0 Å². The van der Waals surface area contributed by atoms with Crippen molar-refractivity contribution in [3.63, 3.8) is 0 Å². The molecular formula is C40H30F11O4S5+. The van der Waals surface area contributed by atoms with Crippen molar-refractivity contribution >= 4 is 55.3 Å². The lowest BCUT2D eigenvalue weighted by Gasteiger charge is -2.11. The second-order valence-corrected chi connectivity index (χ2v) is 17.2. The summed E-state index contributed by atoms with van der Waals surface area (Å²) in [6.07, 6.45) is 7.72. The molecule has 5 aromatic carbocycles. The maximum atomic E-state index is 14.4. The first kappa shape index (κ1) is 51.7. The van der Waals surface area contributed by atoms with Crippen LogP contribution in [0.1, 0.15) is 7.43 Å². The summed E-state index contributed by atoms with van der Waals surface area (Å²) in [5, 5.41) is 0. The highest BCUT2D eigenvalue weighted by Crippen LogP contribution is 2.38. The van der Waals surface area contributed by atoms with Crippen LogP contribution in [0.4, 0.5) is 48.3 Å². The molecule has 5 aromatic rings. The lowest BCUT2D eigenvalue weighted by Crippen LogP contribution is -2.21. The lowest BCUT2D eigenvalue weighted by atomic mass is 10.3. The Balaban J connectivity index is 0.000000307. The van der Waals surface area contributed by atoms with E-state index in [2.05, 4.69) is 18.4 Å². The van der Waals surface area contributed by atoms with Crippen molar-refractivity contribution in [1.29, 1.82) is 0 Å². The van der Waals surface area contributed by atoms with E-state index in [9.17, 15) is 52.5 Å². The van der Waals surface area contributed by atoms with Gasteiger partial charge in [0.05, 0.1) is 12.2 Å². The quantitative estimate of drug-likeness (QED) is 0.0404. The minimum atomic E-state index is -6.09. The fourth-order valence-electron chi connectivity index (χ4n) is 4.33. The van der Waals surface area contributed by atoms with Crippen LogP contribution >= 0.6 is 23.5 Å². The number of benzene rings is 5. The minimum Gasteiger partial charge on any atom is -0.741 e. The summed E-state index contributed by atoms with van der Waals surface area (Å²) >= 11 is 3.27. The normalized spacial score (nSPS) is 12.6. The van der Waals surface area contributed by atoms with Gasteiger partial charge in [-0.2, -0.15) is 22.0 Å². The molecule has 1 aliphatic carbocycles. The predicted octanol–water partition coefficient (Wildman–Crippen LogP) is 12.6. The average Bonchev–Trinajstić information content (AvgIpc) is 3.17. The summed E-state index contributed by atoms with van der Waals surface area (Å²) in [6, 6.07) is 26.7. The fraction of sp³-hybridized carbons (Fsp3) is 0.100. The van der Waals surface area contributed by atoms with Gasteiger partial charge < -0.3 is 4.55 Å². The van der Waals surface area contributed by atoms with Gasteiger partial charge >= 0.3 is 11.3 Å². The number of thioether (sulfide) groups is 2. The average molecular weight is 944 g/mol. The molecule has 20 heteroatoms. The molecule has 0 N–H and O–H groups in total. The largest absolute Gasteiger partial charge is 0.741 e. The molecule has 0 heterocycles. The van der Waals surface area contributed by atoms with Gasteiger partial charge in [0, 0.05) is 9.79 Å². The molecule has 1 aliphatic rings. The molecule has 0 amide bonds. The molecule has 0 aliphatic heterocycles. The van der Waals surface area contributed by atoms with E-state index in [1.807, 2.05) is 30.5 Å². The molecule has 4 nitrogen and oxygen atoms in total. The van der Waals surface area contributed by atoms with Crippen molar-refractivity contribution in [3.05, 3.63) is 179 Å². The third-order valence-corrected chi connectivity index (χ3v) is 12.8. The zero-order valence-electron chi connectivity index (χ0n) is 29.9. The molecule has 320 valence electrons. The summed E-state index contributed by atoms with van der Waals surface area (Å²) < 4.78 is 182. The standard InChI is InChI=1S/C19H13F4S2.C12H5F4OS.C7H8S.CHF3O3S.CH4/c1-24-12-8-10-13(11-9-12)25(18-14(20)4-2-5-15(18)21)19-16(22)6-3-7-17(19)23;13-7-3-1-4-8(14)11(7)18(17)12-9(15)5-2-6-10(12)16;1-8-7-5-3-2-4-6-7;2-1(3,4)8(5,6)7;/h2-11H,1H3;1-5H;2-6H,1H3;(H,5,6,7);1H4/q2*+1;;;/p-1. The topological polar surface area (TPSA) is 74.3 Å². The summed E-state index contributed by atoms with van der Waals surface area (Å²) in [6.45, 7) is 0. The molecule has 0 aromatic heterocycles. The number of hydrogen-bond acceptors (Lipinski definition) is 6. The second kappa shape index (κ2) is 23.5. The number of allylic oxidation sites excluding steroid dienone is 5. The molecule has 1 atom stereocenters. The zero-order valence-corrected chi connectivity index (χ0v) is 34.0. The zero-order chi connectivity index (χ0) is 44.1. The summed E-state index contributed by atoms with van der Waals surface area (Å²) in [7, 11) is -10.3. The first-order valence-corrected chi connectivity index (χ1v) is 22.1. The van der Waals surface area contributed by atoms with Gasteiger partial charge in [-0.05, 0) is 85.3 Å². The maximum Gasteiger partial charge on any atom is 0.485 e. The predicted molar refractivity (Wildman–Crippen MR) is 212 cm³/mol. The Morgan fingerprint density at radius 3 is 1.35 bits per heavy atom. The summed E-state index contributed by atoms with van der Waals surface area (Å²) in [5.74, 6) is -7.98. The Bertz CT molecular complexity index is 2330. The van der Waals surface area contributed by atoms with Crippen LogP contribution in [0.3, 0.4) is 0 Å². The highest BCUT2D eigenvalue weighted by atomic mass is 32.2. The van der Waals surface area contributed by atoms with E-state index >= 15 is 0 Å². The molecule has 0 saturated carbocycles. The second-order valence-electron chi connectivity index (χ2n) is 10.8. The van der Waals surface area contributed by atoms with Gasteiger partial charge in [0.1, 0.15) is 33.5 Å². The number of alkyl halides is 3. The molecule has 6 rings (SSSR count). The first-order valence-electron chi connectivity index (χ1n) is 15.8. The van der Waals surface area contributed by atoms with Gasteiger partial charge in [0.15, 0.2) is 49.1 Å². The SMILES string of the molecule is C.CSc1ccc([S+](c2c(F)cccc2F)c2c(F)cccc2F)cc1.CSc1ccccc1.O=S(=O)([O-])C(F)(F)F.O=S(C1=C(F)C=C[C+]=C1F)c1c(F)cccc1F. The Morgan fingerprint density at radius 1 is 0.617 bits per heavy atom. The van der Waals surface area contributed by atoms with Gasteiger partial charge in [-0.1, -0.05) is 43.8 Å². The number of rotatable bonds is 7. The molecule has 1 unspecified atom stereocenters. The van der Waals surface area contributed by atoms with Crippen molar-refractivity contribution in [2.24, 2.45) is 0 Å². The molecule has 60 heavy (non-hydrogen) atoms. The third-order valence-electron chi connectivity index (χ3n) is 6.95. The van der Waals surface area contributed by atoms with Gasteiger partial charge in [0.25, 0.3) is 5.83 Å². The van der Waals surface area contributed by atoms with E-state index in [1.54, 1.807) is 36.0 Å². The van der Waals surface area contributed by atoms with E-state index in [4.69, 9.17) is 13.0 Å². The van der Waals surface area contributed by atoms with E-state index in [0.29, 0.717) is 4.90 Å². The van der Waals surface area contributed by atoms with Gasteiger partial charge in [0.2, 0.25) is 14.7 Å². The Hall–Kier alpha value is -4.43. The third kappa shape index (κ3) is 14.1. The van der Waals surface area contributed by atoms with Crippen molar-refractivity contribution in [2.75, 3.05) is 12.5 Å². The van der Waals surface area contributed by atoms with Gasteiger partial charge in [-0.15, -0.1) is 23.5 Å². The molecule has 0 radical (unpaired) electrons. The van der Waals surface area contributed by atoms with Crippen molar-refractivity contribution in [1.82, 2.24) is 0 Å². The van der Waals surface area contributed by atoms with E-state index < -0.39 is 93.7 Å². The van der Waals surface area contributed by atoms with Crippen molar-refractivity contribution in [2.45, 2.75) is 42.3 Å². The molecular weight excluding hydrogens is 914 g/mol. The Kier molecular flexibility index (Phi) is 20.3. The van der Waals surface area contributed by atoms with Gasteiger partial charge in [-0.3, -0.25) is 0 Å². The van der Waals surface area contributed by atoms with Gasteiger partial charge in [-0.25, -0.2) is 39.0 Å². The van der Waals surface area contributed by atoms with E-state index in [0.717, 1.165) is 59.5 Å². The summed E-state index contributed by atoms with van der Waals surface area (Å²) in [5.41, 5.74) is -5.65. The highest BCUT2D eigenvalue weighted by Gasteiger charge is 2.40. The Labute approximate surface area is 352 Å². The molecule has 0 fully saturated rings. The van der Waals surface area contributed by atoms with Crippen LogP contribution in [0.5, 0.6) is 0 Å². The van der Waals surface area contributed by atoms with Crippen LogP contribution in [0.2, 0.25) is 0 Å². The highest BCUT2D eigenvalue weighted by molar-refractivity contribution is 7.99. The lowest BCUT2D eigenvalue weighted by molar-refractivity contribution is -0.0517. The van der Waals surface area contributed by atoms with Crippen LogP contribution in [0, 0.1) is 41.0 Å². The maximum absolute atomic E-state index is 14.4. The van der Waals surface area contributed by atoms with Crippen LogP contribution < -0.4 is 0 Å². The smallest absolute Gasteiger partial charge is 0.485 e. The number of hydrogen-bond donors (Lipinski definition) is 0. The van der Waals surface area contributed by atoms with Crippen LogP contribution in [-0.2, 0) is 31.8 Å². The fourth-order valence-corrected chi connectivity index (χ4v) is 8.46. The van der Waals surface area contributed by atoms with Crippen LogP contribution in [0.15, 0.2) is 167 Å². The molecule has 0 saturated heterocycles. The van der Waals surface area contributed by atoms with E-state index in [-0.39, 0.29) is 17.2 Å². The molecule has 0 spiro atoms. The van der Waals surface area contributed by atoms with E-state index in [1.165, 1.54) is 28.8 Å². The first-order chi connectivity index (χ1) is 27.7. The Morgan fingerprint density at radius 2 is 1.00 bits per heavy atom. The summed E-state index contributed by atoms with van der Waals surface area (Å²) in [4.78, 5) is 0.219.